The van der Waals surface area contributed by atoms with Gasteiger partial charge in [0.25, 0.3) is 0 Å². The third-order valence-corrected chi connectivity index (χ3v) is 1.87. The Morgan fingerprint density at radius 2 is 2.27 bits per heavy atom. The lowest BCUT2D eigenvalue weighted by molar-refractivity contribution is -0.699. The molecule has 0 spiro atoms. The lowest BCUT2D eigenvalue weighted by Crippen LogP contribution is -2.37. The highest BCUT2D eigenvalue weighted by molar-refractivity contribution is 5.42. The van der Waals surface area contributed by atoms with Crippen molar-refractivity contribution in [1.82, 2.24) is 0 Å². The zero-order valence-electron chi connectivity index (χ0n) is 6.20. The Morgan fingerprint density at radius 1 is 1.36 bits per heavy atom. The molecular weight excluding hydrogens is 138 g/mol. The molecule has 2 rings (SSSR count). The smallest absolute Gasteiger partial charge is 0.211 e. The summed E-state index contributed by atoms with van der Waals surface area (Å²) in [5.74, 6) is 0.337. The Labute approximate surface area is 65.4 Å². The van der Waals surface area contributed by atoms with Gasteiger partial charge in [0.15, 0.2) is 12.3 Å². The number of fused-ring (bicyclic) bond motifs is 1. The molecule has 1 N–H and O–H groups in total. The van der Waals surface area contributed by atoms with Gasteiger partial charge in [0.1, 0.15) is 0 Å². The van der Waals surface area contributed by atoms with E-state index in [9.17, 15) is 0 Å². The molecule has 0 radical (unpaired) electrons. The molecule has 2 heteroatoms. The molecule has 0 aliphatic carbocycles. The lowest BCUT2D eigenvalue weighted by Gasteiger charge is -2.03. The van der Waals surface area contributed by atoms with E-state index in [1.807, 2.05) is 6.07 Å². The minimum absolute atomic E-state index is 0.337. The molecule has 2 heterocycles. The predicted molar refractivity (Wildman–Crippen MR) is 42.0 cm³/mol. The van der Waals surface area contributed by atoms with Gasteiger partial charge in [-0.1, -0.05) is 6.08 Å². The van der Waals surface area contributed by atoms with Gasteiger partial charge in [-0.3, -0.25) is 0 Å². The molecule has 0 fully saturated rings. The van der Waals surface area contributed by atoms with Crippen LogP contribution in [0.5, 0.6) is 5.75 Å². The van der Waals surface area contributed by atoms with Crippen LogP contribution >= 0.6 is 0 Å². The monoisotopic (exact) mass is 148 g/mol. The third kappa shape index (κ3) is 1.11. The highest BCUT2D eigenvalue weighted by Gasteiger charge is 2.10. The number of aryl methyl sites for hydroxylation is 1. The third-order valence-electron chi connectivity index (χ3n) is 1.87. The van der Waals surface area contributed by atoms with E-state index in [1.54, 1.807) is 12.3 Å². The summed E-state index contributed by atoms with van der Waals surface area (Å²) in [5, 5.41) is 9.14. The Kier molecular flexibility index (Phi) is 1.39. The number of allylic oxidation sites excluding steroid dienone is 1. The Hall–Kier alpha value is -1.31. The number of hydrogen-bond donors (Lipinski definition) is 1. The second kappa shape index (κ2) is 2.38. The van der Waals surface area contributed by atoms with Crippen molar-refractivity contribution in [2.24, 2.45) is 0 Å². The van der Waals surface area contributed by atoms with Crippen LogP contribution in [0.3, 0.4) is 0 Å². The Balaban J connectivity index is 2.53. The first-order valence-electron chi connectivity index (χ1n) is 3.75. The SMILES string of the molecule is Oc1ccc2[n+](c1)CCC=C2. The first-order chi connectivity index (χ1) is 5.36. The van der Waals surface area contributed by atoms with Gasteiger partial charge in [-0.2, -0.15) is 4.57 Å². The van der Waals surface area contributed by atoms with Crippen LogP contribution in [0.1, 0.15) is 12.1 Å². The normalized spacial score (nSPS) is 14.5. The van der Waals surface area contributed by atoms with Crippen molar-refractivity contribution in [2.75, 3.05) is 0 Å². The summed E-state index contributed by atoms with van der Waals surface area (Å²) < 4.78 is 2.05. The fourth-order valence-electron chi connectivity index (χ4n) is 1.31. The molecule has 0 unspecified atom stereocenters. The molecular formula is C9H10NO+. The Bertz CT molecular complexity index is 304. The molecule has 0 saturated heterocycles. The Morgan fingerprint density at radius 3 is 3.18 bits per heavy atom. The second-order valence-corrected chi connectivity index (χ2v) is 2.70. The summed E-state index contributed by atoms with van der Waals surface area (Å²) in [7, 11) is 0. The van der Waals surface area contributed by atoms with Gasteiger partial charge in [-0.05, 0) is 6.07 Å². The van der Waals surface area contributed by atoms with Gasteiger partial charge in [-0.25, -0.2) is 0 Å². The first kappa shape index (κ1) is 6.40. The van der Waals surface area contributed by atoms with Crippen molar-refractivity contribution < 1.29 is 9.67 Å². The molecule has 2 nitrogen and oxygen atoms in total. The van der Waals surface area contributed by atoms with Gasteiger partial charge in [0, 0.05) is 18.6 Å². The highest BCUT2D eigenvalue weighted by atomic mass is 16.3. The summed E-state index contributed by atoms with van der Waals surface area (Å²) in [6, 6.07) is 3.63. The molecule has 0 amide bonds. The molecule has 1 aliphatic heterocycles. The first-order valence-corrected chi connectivity index (χ1v) is 3.75. The van der Waals surface area contributed by atoms with Crippen molar-refractivity contribution >= 4 is 6.08 Å². The van der Waals surface area contributed by atoms with Crippen LogP contribution in [0.25, 0.3) is 6.08 Å². The number of pyridine rings is 1. The van der Waals surface area contributed by atoms with Crippen molar-refractivity contribution in [3.8, 4) is 5.75 Å². The maximum absolute atomic E-state index is 9.14. The second-order valence-electron chi connectivity index (χ2n) is 2.70. The van der Waals surface area contributed by atoms with Crippen LogP contribution < -0.4 is 4.57 Å². The van der Waals surface area contributed by atoms with Crippen molar-refractivity contribution in [3.05, 3.63) is 30.1 Å². The predicted octanol–water partition coefficient (Wildman–Crippen LogP) is 1.10. The topological polar surface area (TPSA) is 24.1 Å². The minimum Gasteiger partial charge on any atom is -0.503 e. The molecule has 1 aliphatic rings. The van der Waals surface area contributed by atoms with Crippen LogP contribution in [0.2, 0.25) is 0 Å². The van der Waals surface area contributed by atoms with E-state index in [0.717, 1.165) is 18.7 Å². The molecule has 0 bridgehead atoms. The molecule has 11 heavy (non-hydrogen) atoms. The van der Waals surface area contributed by atoms with E-state index in [4.69, 9.17) is 5.11 Å². The fraction of sp³-hybridized carbons (Fsp3) is 0.222. The van der Waals surface area contributed by atoms with Gasteiger partial charge in [-0.15, -0.1) is 0 Å². The van der Waals surface area contributed by atoms with E-state index in [1.165, 1.54) is 0 Å². The largest absolute Gasteiger partial charge is 0.503 e. The average molecular weight is 148 g/mol. The van der Waals surface area contributed by atoms with Crippen LogP contribution in [0, 0.1) is 0 Å². The molecule has 0 aromatic carbocycles. The van der Waals surface area contributed by atoms with Gasteiger partial charge in [0.05, 0.1) is 0 Å². The van der Waals surface area contributed by atoms with Crippen LogP contribution in [0.4, 0.5) is 0 Å². The summed E-state index contributed by atoms with van der Waals surface area (Å²) >= 11 is 0. The lowest BCUT2D eigenvalue weighted by atomic mass is 10.2. The molecule has 1 aromatic heterocycles. The van der Waals surface area contributed by atoms with Crippen LogP contribution in [0.15, 0.2) is 24.4 Å². The van der Waals surface area contributed by atoms with Gasteiger partial charge < -0.3 is 5.11 Å². The van der Waals surface area contributed by atoms with E-state index in [0.29, 0.717) is 5.75 Å². The summed E-state index contributed by atoms with van der Waals surface area (Å²) in [6.07, 6.45) is 7.04. The molecule has 0 saturated carbocycles. The molecule has 56 valence electrons. The maximum atomic E-state index is 9.14. The van der Waals surface area contributed by atoms with Crippen LogP contribution in [-0.2, 0) is 6.54 Å². The summed E-state index contributed by atoms with van der Waals surface area (Å²) in [6.45, 7) is 0.972. The number of aromatic nitrogens is 1. The van der Waals surface area contributed by atoms with Crippen LogP contribution in [-0.4, -0.2) is 5.11 Å². The van der Waals surface area contributed by atoms with E-state index < -0.39 is 0 Å². The van der Waals surface area contributed by atoms with Gasteiger partial charge in [0.2, 0.25) is 11.9 Å². The minimum atomic E-state index is 0.337. The number of aromatic hydroxyl groups is 1. The van der Waals surface area contributed by atoms with Crippen molar-refractivity contribution in [1.29, 1.82) is 0 Å². The van der Waals surface area contributed by atoms with Crippen molar-refractivity contribution in [2.45, 2.75) is 13.0 Å². The van der Waals surface area contributed by atoms with E-state index in [-0.39, 0.29) is 0 Å². The quantitative estimate of drug-likeness (QED) is 0.547. The molecule has 0 atom stereocenters. The zero-order valence-corrected chi connectivity index (χ0v) is 6.20. The number of hydrogen-bond acceptors (Lipinski definition) is 1. The van der Waals surface area contributed by atoms with Gasteiger partial charge >= 0.3 is 0 Å². The number of nitrogens with zero attached hydrogens (tertiary/aromatic N) is 1. The summed E-state index contributed by atoms with van der Waals surface area (Å²) in [4.78, 5) is 0. The highest BCUT2D eigenvalue weighted by Crippen LogP contribution is 2.09. The van der Waals surface area contributed by atoms with Crippen molar-refractivity contribution in [3.63, 3.8) is 0 Å². The standard InChI is InChI=1S/C9H9NO/c11-9-5-4-8-3-1-2-6-10(8)7-9/h1,3-5,7H,2,6H2/p+1. The zero-order chi connectivity index (χ0) is 7.68. The molecule has 1 aromatic rings. The average Bonchev–Trinajstić information content (AvgIpc) is 2.04. The van der Waals surface area contributed by atoms with E-state index in [2.05, 4.69) is 16.7 Å². The fourth-order valence-corrected chi connectivity index (χ4v) is 1.31. The maximum Gasteiger partial charge on any atom is 0.211 e. The summed E-state index contributed by atoms with van der Waals surface area (Å²) in [5.41, 5.74) is 1.16. The van der Waals surface area contributed by atoms with E-state index >= 15 is 0 Å². The number of rotatable bonds is 0.